The molecule has 5 rings (SSSR count). The summed E-state index contributed by atoms with van der Waals surface area (Å²) in [5.41, 5.74) is -0.359. The van der Waals surface area contributed by atoms with E-state index in [1.165, 1.54) is 24.3 Å². The second kappa shape index (κ2) is 9.33. The van der Waals surface area contributed by atoms with Crippen LogP contribution in [0.1, 0.15) is 39.6 Å². The Hall–Kier alpha value is -5.10. The molecule has 202 valence electrons. The molecule has 12 nitrogen and oxygen atoms in total. The van der Waals surface area contributed by atoms with E-state index in [0.29, 0.717) is 0 Å². The average molecular weight is 538 g/mol. The lowest BCUT2D eigenvalue weighted by atomic mass is 9.93. The summed E-state index contributed by atoms with van der Waals surface area (Å²) >= 11 is 0. The van der Waals surface area contributed by atoms with Gasteiger partial charge < -0.3 is 50.3 Å². The number of ether oxygens (including phenoxy) is 2. The maximum atomic E-state index is 13.3. The summed E-state index contributed by atoms with van der Waals surface area (Å²) in [6.07, 6.45) is -3.55. The van der Waals surface area contributed by atoms with Crippen molar-refractivity contribution in [1.82, 2.24) is 0 Å². The maximum Gasteiger partial charge on any atom is 0.334 e. The lowest BCUT2D eigenvalue weighted by Crippen LogP contribution is -2.35. The fourth-order valence-electron chi connectivity index (χ4n) is 4.66. The van der Waals surface area contributed by atoms with E-state index in [-0.39, 0.29) is 45.9 Å². The number of benzene rings is 3. The van der Waals surface area contributed by atoms with Gasteiger partial charge in [-0.2, -0.15) is 0 Å². The van der Waals surface area contributed by atoms with Gasteiger partial charge in [0.25, 0.3) is 0 Å². The van der Waals surface area contributed by atoms with Crippen LogP contribution < -0.4 is 4.74 Å². The Balaban J connectivity index is 1.53. The lowest BCUT2D eigenvalue weighted by molar-refractivity contribution is -0.150. The highest BCUT2D eigenvalue weighted by atomic mass is 16.6. The molecule has 0 saturated heterocycles. The van der Waals surface area contributed by atoms with Crippen molar-refractivity contribution in [3.63, 3.8) is 0 Å². The van der Waals surface area contributed by atoms with Gasteiger partial charge in [0.2, 0.25) is 5.75 Å². The number of rotatable bonds is 3. The maximum absolute atomic E-state index is 13.3. The van der Waals surface area contributed by atoms with Crippen LogP contribution in [0.5, 0.6) is 46.0 Å². The summed E-state index contributed by atoms with van der Waals surface area (Å²) in [5.74, 6) is -6.08. The number of phenolic OH excluding ortho intramolecular Hbond substituents is 7. The summed E-state index contributed by atoms with van der Waals surface area (Å²) in [6, 6.07) is 7.08. The zero-order chi connectivity index (χ0) is 28.2. The van der Waals surface area contributed by atoms with Crippen molar-refractivity contribution in [2.24, 2.45) is 0 Å². The van der Waals surface area contributed by atoms with Crippen molar-refractivity contribution in [2.45, 2.75) is 31.2 Å². The molecule has 3 atom stereocenters. The van der Waals surface area contributed by atoms with Crippen molar-refractivity contribution in [1.29, 1.82) is 0 Å². The van der Waals surface area contributed by atoms with Crippen LogP contribution in [-0.2, 0) is 16.0 Å². The number of aliphatic hydroxyl groups excluding tert-OH is 1. The van der Waals surface area contributed by atoms with E-state index in [1.807, 2.05) is 0 Å². The highest BCUT2D eigenvalue weighted by molar-refractivity contribution is 6.09. The number of carbonyl (C=O) groups excluding carboxylic acids is 2. The van der Waals surface area contributed by atoms with Gasteiger partial charge in [-0.15, -0.1) is 0 Å². The summed E-state index contributed by atoms with van der Waals surface area (Å²) in [5, 5.41) is 80.3. The van der Waals surface area contributed by atoms with Gasteiger partial charge in [-0.3, -0.25) is 4.79 Å². The Labute approximate surface area is 219 Å². The minimum atomic E-state index is -1.79. The van der Waals surface area contributed by atoms with Gasteiger partial charge in [0.05, 0.1) is 5.56 Å². The molecule has 0 bridgehead atoms. The minimum Gasteiger partial charge on any atom is -0.508 e. The standard InChI is InChI=1S/C27H22O12/c28-13-7-16(30)14-9-21(26(38-20(14)8-13)10-1-2-15(29)17(31)4-10)39-27(37)12-3-11-5-19(33)24(35)25(36)22(11)23(34)18(32)6-12/h1-5,7-8,18,21,26,28-33,35-36H,6,9H2/t18?,21-,26-/m1/s1. The van der Waals surface area contributed by atoms with E-state index in [2.05, 4.69) is 0 Å². The molecule has 39 heavy (non-hydrogen) atoms. The van der Waals surface area contributed by atoms with E-state index in [9.17, 15) is 50.4 Å². The lowest BCUT2D eigenvalue weighted by Gasteiger charge is -2.34. The van der Waals surface area contributed by atoms with Crippen LogP contribution in [0.2, 0.25) is 0 Å². The smallest absolute Gasteiger partial charge is 0.334 e. The molecule has 1 heterocycles. The average Bonchev–Trinajstić information content (AvgIpc) is 3.00. The summed E-state index contributed by atoms with van der Waals surface area (Å²) in [4.78, 5) is 26.0. The molecule has 1 unspecified atom stereocenters. The van der Waals surface area contributed by atoms with Crippen LogP contribution in [0.15, 0.2) is 42.0 Å². The largest absolute Gasteiger partial charge is 0.508 e. The third-order valence-electron chi connectivity index (χ3n) is 6.59. The first-order chi connectivity index (χ1) is 18.4. The fraction of sp³-hybridized carbons (Fsp3) is 0.185. The quantitative estimate of drug-likeness (QED) is 0.178. The second-order valence-corrected chi connectivity index (χ2v) is 9.19. The van der Waals surface area contributed by atoms with Crippen LogP contribution in [0, 0.1) is 0 Å². The number of fused-ring (bicyclic) bond motifs is 2. The number of ketones is 1. The number of hydrogen-bond acceptors (Lipinski definition) is 12. The van der Waals surface area contributed by atoms with E-state index in [0.717, 1.165) is 18.2 Å². The summed E-state index contributed by atoms with van der Waals surface area (Å²) in [7, 11) is 0. The molecule has 0 saturated carbocycles. The number of esters is 1. The summed E-state index contributed by atoms with van der Waals surface area (Å²) in [6.45, 7) is 0. The van der Waals surface area contributed by atoms with Crippen LogP contribution >= 0.6 is 0 Å². The van der Waals surface area contributed by atoms with E-state index < -0.39 is 70.8 Å². The monoisotopic (exact) mass is 538 g/mol. The van der Waals surface area contributed by atoms with Gasteiger partial charge in [-0.05, 0) is 29.8 Å². The highest BCUT2D eigenvalue weighted by Crippen LogP contribution is 2.45. The summed E-state index contributed by atoms with van der Waals surface area (Å²) < 4.78 is 11.6. The molecule has 0 spiro atoms. The van der Waals surface area contributed by atoms with Crippen LogP contribution in [0.25, 0.3) is 6.08 Å². The minimum absolute atomic E-state index is 0.0896. The number of hydrogen-bond donors (Lipinski definition) is 8. The van der Waals surface area contributed by atoms with Gasteiger partial charge in [0, 0.05) is 41.7 Å². The van der Waals surface area contributed by atoms with Crippen molar-refractivity contribution < 1.29 is 59.9 Å². The van der Waals surface area contributed by atoms with Crippen LogP contribution in [0.3, 0.4) is 0 Å². The number of aromatic hydroxyl groups is 7. The van der Waals surface area contributed by atoms with E-state index in [1.54, 1.807) is 0 Å². The third kappa shape index (κ3) is 4.46. The molecular weight excluding hydrogens is 516 g/mol. The Kier molecular flexibility index (Phi) is 6.11. The molecule has 0 radical (unpaired) electrons. The molecule has 1 aliphatic carbocycles. The van der Waals surface area contributed by atoms with Crippen molar-refractivity contribution in [2.75, 3.05) is 0 Å². The van der Waals surface area contributed by atoms with Crippen molar-refractivity contribution >= 4 is 17.8 Å². The Morgan fingerprint density at radius 1 is 0.846 bits per heavy atom. The first kappa shape index (κ1) is 25.5. The Morgan fingerprint density at radius 3 is 2.31 bits per heavy atom. The molecule has 2 aliphatic rings. The molecule has 12 heteroatoms. The number of phenols is 7. The number of carbonyl (C=O) groups is 2. The zero-order valence-electron chi connectivity index (χ0n) is 19.9. The normalized spacial score (nSPS) is 20.2. The van der Waals surface area contributed by atoms with Crippen LogP contribution in [0.4, 0.5) is 0 Å². The van der Waals surface area contributed by atoms with Gasteiger partial charge in [-0.25, -0.2) is 4.79 Å². The van der Waals surface area contributed by atoms with Gasteiger partial charge in [0.15, 0.2) is 34.9 Å². The Morgan fingerprint density at radius 2 is 1.59 bits per heavy atom. The number of Topliss-reactive ketones (excluding diaryl/α,β-unsaturated/α-hetero) is 1. The molecule has 8 N–H and O–H groups in total. The first-order valence-corrected chi connectivity index (χ1v) is 11.6. The van der Waals surface area contributed by atoms with E-state index >= 15 is 0 Å². The van der Waals surface area contributed by atoms with Gasteiger partial charge in [0.1, 0.15) is 29.5 Å². The predicted octanol–water partition coefficient (Wildman–Crippen LogP) is 2.24. The fourth-order valence-corrected chi connectivity index (χ4v) is 4.66. The van der Waals surface area contributed by atoms with E-state index in [4.69, 9.17) is 9.47 Å². The number of aliphatic hydroxyl groups is 1. The second-order valence-electron chi connectivity index (χ2n) is 9.19. The zero-order valence-corrected chi connectivity index (χ0v) is 19.9. The van der Waals surface area contributed by atoms with Crippen molar-refractivity contribution in [3.05, 3.63) is 64.2 Å². The molecular formula is C27H22O12. The SMILES string of the molecule is O=C(O[C@@H]1Cc2c(O)cc(O)cc2O[C@@H]1c1ccc(O)c(O)c1)C1=Cc2cc(O)c(O)c(O)c2C(=O)C(O)C1. The predicted molar refractivity (Wildman–Crippen MR) is 131 cm³/mol. The van der Waals surface area contributed by atoms with Gasteiger partial charge in [-0.1, -0.05) is 6.07 Å². The molecule has 1 aliphatic heterocycles. The first-order valence-electron chi connectivity index (χ1n) is 11.6. The van der Waals surface area contributed by atoms with Crippen molar-refractivity contribution in [3.8, 4) is 46.0 Å². The molecule has 3 aromatic rings. The topological polar surface area (TPSA) is 214 Å². The molecule has 0 aromatic heterocycles. The highest BCUT2D eigenvalue weighted by Gasteiger charge is 2.38. The molecule has 0 amide bonds. The molecule has 0 fully saturated rings. The van der Waals surface area contributed by atoms with Crippen LogP contribution in [-0.4, -0.2) is 64.8 Å². The van der Waals surface area contributed by atoms with Gasteiger partial charge >= 0.3 is 5.97 Å². The third-order valence-corrected chi connectivity index (χ3v) is 6.59. The molecule has 3 aromatic carbocycles. The Bertz CT molecular complexity index is 1560.